The van der Waals surface area contributed by atoms with E-state index in [1.54, 1.807) is 13.8 Å². The molecule has 1 aromatic carbocycles. The monoisotopic (exact) mass is 353 g/mol. The molecule has 0 spiro atoms. The first-order valence-electron chi connectivity index (χ1n) is 7.95. The lowest BCUT2D eigenvalue weighted by Crippen LogP contribution is -2.35. The molecule has 1 aliphatic rings. The molecule has 1 N–H and O–H groups in total. The lowest BCUT2D eigenvalue weighted by Gasteiger charge is -2.17. The van der Waals surface area contributed by atoms with Crippen molar-refractivity contribution >= 4 is 21.7 Å². The zero-order valence-corrected chi connectivity index (χ0v) is 14.7. The van der Waals surface area contributed by atoms with Crippen LogP contribution in [0.15, 0.2) is 30.3 Å². The van der Waals surface area contributed by atoms with Gasteiger partial charge in [-0.1, -0.05) is 44.2 Å². The Morgan fingerprint density at radius 3 is 2.38 bits per heavy atom. The number of nitrogens with zero attached hydrogens (tertiary/aromatic N) is 1. The summed E-state index contributed by atoms with van der Waals surface area (Å²) < 4.78 is 24.0. The Morgan fingerprint density at radius 1 is 1.21 bits per heavy atom. The van der Waals surface area contributed by atoms with E-state index in [1.807, 2.05) is 30.3 Å². The third kappa shape index (κ3) is 4.56. The quantitative estimate of drug-likeness (QED) is 0.834. The second-order valence-corrected chi connectivity index (χ2v) is 8.82. The first kappa shape index (κ1) is 18.4. The predicted octanol–water partition coefficient (Wildman–Crippen LogP) is 1.38. The lowest BCUT2D eigenvalue weighted by molar-refractivity contribution is -0.141. The molecule has 0 saturated carbocycles. The van der Waals surface area contributed by atoms with Crippen LogP contribution in [-0.2, 0) is 19.4 Å². The van der Waals surface area contributed by atoms with Crippen LogP contribution in [-0.4, -0.2) is 54.9 Å². The van der Waals surface area contributed by atoms with Crippen molar-refractivity contribution in [2.45, 2.75) is 19.8 Å². The molecule has 0 aliphatic carbocycles. The van der Waals surface area contributed by atoms with Crippen LogP contribution in [0.2, 0.25) is 0 Å². The summed E-state index contributed by atoms with van der Waals surface area (Å²) in [6, 6.07) is 9.17. The second kappa shape index (κ2) is 7.34. The number of hydrogen-bond acceptors (Lipinski definition) is 4. The molecule has 0 aromatic heterocycles. The third-order valence-corrected chi connectivity index (χ3v) is 6.01. The fourth-order valence-corrected chi connectivity index (χ4v) is 4.83. The largest absolute Gasteiger partial charge is 0.481 e. The second-order valence-electron chi connectivity index (χ2n) is 6.71. The van der Waals surface area contributed by atoms with Crippen molar-refractivity contribution in [3.05, 3.63) is 35.9 Å². The van der Waals surface area contributed by atoms with Crippen molar-refractivity contribution in [3.8, 4) is 0 Å². The van der Waals surface area contributed by atoms with E-state index >= 15 is 0 Å². The van der Waals surface area contributed by atoms with Gasteiger partial charge in [-0.2, -0.15) is 0 Å². The summed E-state index contributed by atoms with van der Waals surface area (Å²) in [5.74, 6) is -3.17. The molecule has 7 heteroatoms. The molecular weight excluding hydrogens is 330 g/mol. The standard InChI is InChI=1S/C17H23NO5S/c1-12(2)10-24(22,23)11-16(19)18-8-14(15(9-18)17(20)21)13-6-4-3-5-7-13/h3-7,12,14-15H,8-11H2,1-2H3,(H,20,21). The normalized spacial score (nSPS) is 21.2. The molecule has 1 heterocycles. The minimum atomic E-state index is -3.48. The molecule has 1 saturated heterocycles. The van der Waals surface area contributed by atoms with E-state index in [-0.39, 0.29) is 30.7 Å². The van der Waals surface area contributed by atoms with E-state index in [0.717, 1.165) is 5.56 Å². The van der Waals surface area contributed by atoms with Gasteiger partial charge in [0.25, 0.3) is 0 Å². The van der Waals surface area contributed by atoms with Crippen LogP contribution in [0.5, 0.6) is 0 Å². The fourth-order valence-electron chi connectivity index (χ4n) is 3.14. The average molecular weight is 353 g/mol. The highest BCUT2D eigenvalue weighted by molar-refractivity contribution is 7.92. The first-order chi connectivity index (χ1) is 11.2. The van der Waals surface area contributed by atoms with E-state index < -0.39 is 33.4 Å². The summed E-state index contributed by atoms with van der Waals surface area (Å²) >= 11 is 0. The van der Waals surface area contributed by atoms with Gasteiger partial charge >= 0.3 is 5.97 Å². The van der Waals surface area contributed by atoms with Crippen LogP contribution in [0.25, 0.3) is 0 Å². The van der Waals surface area contributed by atoms with Crippen molar-refractivity contribution in [3.63, 3.8) is 0 Å². The number of carbonyl (C=O) groups excluding carboxylic acids is 1. The number of benzene rings is 1. The summed E-state index contributed by atoms with van der Waals surface area (Å²) in [6.07, 6.45) is 0. The third-order valence-electron chi connectivity index (χ3n) is 4.15. The molecule has 6 nitrogen and oxygen atoms in total. The average Bonchev–Trinajstić information content (AvgIpc) is 2.91. The molecule has 2 rings (SSSR count). The highest BCUT2D eigenvalue weighted by Crippen LogP contribution is 2.33. The number of rotatable bonds is 6. The molecule has 132 valence electrons. The van der Waals surface area contributed by atoms with Crippen LogP contribution in [0.1, 0.15) is 25.3 Å². The number of carboxylic acid groups (broad SMARTS) is 1. The maximum Gasteiger partial charge on any atom is 0.308 e. The number of likely N-dealkylation sites (tertiary alicyclic amines) is 1. The Morgan fingerprint density at radius 2 is 1.83 bits per heavy atom. The lowest BCUT2D eigenvalue weighted by atomic mass is 9.89. The van der Waals surface area contributed by atoms with Gasteiger partial charge in [-0.15, -0.1) is 0 Å². The van der Waals surface area contributed by atoms with Crippen molar-refractivity contribution in [2.24, 2.45) is 11.8 Å². The summed E-state index contributed by atoms with van der Waals surface area (Å²) in [4.78, 5) is 25.2. The number of hydrogen-bond donors (Lipinski definition) is 1. The van der Waals surface area contributed by atoms with Crippen LogP contribution in [0.4, 0.5) is 0 Å². The highest BCUT2D eigenvalue weighted by Gasteiger charge is 2.41. The Hall–Kier alpha value is -1.89. The van der Waals surface area contributed by atoms with Gasteiger partial charge < -0.3 is 10.0 Å². The summed E-state index contributed by atoms with van der Waals surface area (Å²) in [5, 5.41) is 9.44. The van der Waals surface area contributed by atoms with Crippen LogP contribution < -0.4 is 0 Å². The Balaban J connectivity index is 2.13. The fraction of sp³-hybridized carbons (Fsp3) is 0.529. The van der Waals surface area contributed by atoms with E-state index in [1.165, 1.54) is 4.90 Å². The van der Waals surface area contributed by atoms with E-state index in [4.69, 9.17) is 0 Å². The Bertz CT molecular complexity index is 699. The van der Waals surface area contributed by atoms with Gasteiger partial charge in [-0.05, 0) is 11.5 Å². The predicted molar refractivity (Wildman–Crippen MR) is 90.4 cm³/mol. The minimum absolute atomic E-state index is 0.0446. The molecule has 1 aromatic rings. The number of amides is 1. The van der Waals surface area contributed by atoms with E-state index in [0.29, 0.717) is 0 Å². The SMILES string of the molecule is CC(C)CS(=O)(=O)CC(=O)N1CC(C(=O)O)C(c2ccccc2)C1. The van der Waals surface area contributed by atoms with E-state index in [2.05, 4.69) is 0 Å². The van der Waals surface area contributed by atoms with Gasteiger partial charge in [0.1, 0.15) is 5.75 Å². The summed E-state index contributed by atoms with van der Waals surface area (Å²) in [5.41, 5.74) is 0.852. The van der Waals surface area contributed by atoms with Gasteiger partial charge in [-0.3, -0.25) is 9.59 Å². The Labute approximate surface area is 142 Å². The molecule has 1 fully saturated rings. The molecule has 24 heavy (non-hydrogen) atoms. The molecule has 0 bridgehead atoms. The van der Waals surface area contributed by atoms with Gasteiger partial charge in [0.15, 0.2) is 9.84 Å². The maximum atomic E-state index is 12.3. The zero-order valence-electron chi connectivity index (χ0n) is 13.9. The summed E-state index contributed by atoms with van der Waals surface area (Å²) in [7, 11) is -3.48. The van der Waals surface area contributed by atoms with Crippen molar-refractivity contribution in [2.75, 3.05) is 24.6 Å². The number of carbonyl (C=O) groups is 2. The first-order valence-corrected chi connectivity index (χ1v) is 9.77. The molecule has 2 unspecified atom stereocenters. The van der Waals surface area contributed by atoms with Gasteiger partial charge in [-0.25, -0.2) is 8.42 Å². The summed E-state index contributed by atoms with van der Waals surface area (Å²) in [6.45, 7) is 3.84. The highest BCUT2D eigenvalue weighted by atomic mass is 32.2. The van der Waals surface area contributed by atoms with Crippen molar-refractivity contribution < 1.29 is 23.1 Å². The van der Waals surface area contributed by atoms with Crippen LogP contribution in [0.3, 0.4) is 0 Å². The van der Waals surface area contributed by atoms with Gasteiger partial charge in [0, 0.05) is 19.0 Å². The number of aliphatic carboxylic acids is 1. The van der Waals surface area contributed by atoms with E-state index in [9.17, 15) is 23.1 Å². The molecule has 1 amide bonds. The van der Waals surface area contributed by atoms with Crippen LogP contribution >= 0.6 is 0 Å². The number of carboxylic acids is 1. The smallest absolute Gasteiger partial charge is 0.308 e. The topological polar surface area (TPSA) is 91.8 Å². The van der Waals surface area contributed by atoms with Gasteiger partial charge in [0.05, 0.1) is 11.7 Å². The van der Waals surface area contributed by atoms with Crippen molar-refractivity contribution in [1.82, 2.24) is 4.90 Å². The Kier molecular flexibility index (Phi) is 5.64. The molecular formula is C17H23NO5S. The minimum Gasteiger partial charge on any atom is -0.481 e. The molecule has 0 radical (unpaired) electrons. The van der Waals surface area contributed by atoms with Crippen molar-refractivity contribution in [1.29, 1.82) is 0 Å². The van der Waals surface area contributed by atoms with Crippen LogP contribution in [0, 0.1) is 11.8 Å². The maximum absolute atomic E-state index is 12.3. The molecule has 2 atom stereocenters. The molecule has 1 aliphatic heterocycles. The van der Waals surface area contributed by atoms with Gasteiger partial charge in [0.2, 0.25) is 5.91 Å². The number of sulfone groups is 1. The zero-order chi connectivity index (χ0) is 17.9.